The second kappa shape index (κ2) is 11.1. The number of anilines is 1. The number of hydrogen-bond donors (Lipinski definition) is 1. The van der Waals surface area contributed by atoms with Gasteiger partial charge in [-0.25, -0.2) is 4.79 Å². The van der Waals surface area contributed by atoms with Crippen LogP contribution in [0.5, 0.6) is 0 Å². The number of carbonyl (C=O) groups is 1. The monoisotopic (exact) mass is 457 g/mol. The number of aromatic nitrogens is 1. The minimum atomic E-state index is -4.38. The fourth-order valence-corrected chi connectivity index (χ4v) is 3.73. The van der Waals surface area contributed by atoms with Crippen molar-refractivity contribution in [3.05, 3.63) is 89.2 Å². The Labute approximate surface area is 193 Å². The first-order chi connectivity index (χ1) is 15.8. The smallest absolute Gasteiger partial charge is 0.345 e. The van der Waals surface area contributed by atoms with Crippen LogP contribution in [0.25, 0.3) is 0 Å². The molecule has 2 amide bonds. The summed E-state index contributed by atoms with van der Waals surface area (Å²) in [5.41, 5.74) is 2.62. The van der Waals surface area contributed by atoms with E-state index in [1.165, 1.54) is 12.1 Å². The highest BCUT2D eigenvalue weighted by Gasteiger charge is 2.30. The topological polar surface area (TPSA) is 37.3 Å². The molecule has 176 valence electrons. The van der Waals surface area contributed by atoms with Crippen LogP contribution in [0.15, 0.2) is 66.9 Å². The minimum absolute atomic E-state index is 0.184. The van der Waals surface area contributed by atoms with Gasteiger partial charge in [0.15, 0.2) is 0 Å². The van der Waals surface area contributed by atoms with E-state index in [2.05, 4.69) is 12.2 Å². The number of carbonyl (C=O) groups excluding carboxylic acids is 1. The molecule has 0 aliphatic rings. The highest BCUT2D eigenvalue weighted by Crippen LogP contribution is 2.29. The third kappa shape index (κ3) is 6.63. The molecular weight excluding hydrogens is 427 g/mol. The molecule has 0 saturated carbocycles. The van der Waals surface area contributed by atoms with Gasteiger partial charge in [-0.2, -0.15) is 13.2 Å². The SMILES string of the molecule is CCCCN(Cc1cccn1Cc1cccc(C(F)(F)F)c1)C(=O)Nc1ccccc1CC. The number of urea groups is 1. The molecular formula is C26H30F3N3O. The molecule has 33 heavy (non-hydrogen) atoms. The second-order valence-electron chi connectivity index (χ2n) is 8.04. The van der Waals surface area contributed by atoms with Crippen molar-refractivity contribution >= 4 is 11.7 Å². The summed E-state index contributed by atoms with van der Waals surface area (Å²) in [7, 11) is 0. The Morgan fingerprint density at radius 2 is 1.82 bits per heavy atom. The molecule has 0 aliphatic heterocycles. The highest BCUT2D eigenvalue weighted by molar-refractivity contribution is 5.90. The molecule has 1 heterocycles. The van der Waals surface area contributed by atoms with Crippen LogP contribution in [-0.2, 0) is 25.7 Å². The van der Waals surface area contributed by atoms with Gasteiger partial charge in [0.2, 0.25) is 0 Å². The maximum absolute atomic E-state index is 13.1. The second-order valence-corrected chi connectivity index (χ2v) is 8.04. The van der Waals surface area contributed by atoms with E-state index >= 15 is 0 Å². The summed E-state index contributed by atoms with van der Waals surface area (Å²) < 4.78 is 41.1. The summed E-state index contributed by atoms with van der Waals surface area (Å²) >= 11 is 0. The fraction of sp³-hybridized carbons (Fsp3) is 0.346. The van der Waals surface area contributed by atoms with Crippen LogP contribution in [0.2, 0.25) is 0 Å². The Kier molecular flexibility index (Phi) is 8.20. The van der Waals surface area contributed by atoms with E-state index in [1.807, 2.05) is 54.1 Å². The molecule has 1 N–H and O–H groups in total. The van der Waals surface area contributed by atoms with E-state index in [1.54, 1.807) is 11.0 Å². The zero-order valence-electron chi connectivity index (χ0n) is 19.0. The molecule has 0 radical (unpaired) electrons. The van der Waals surface area contributed by atoms with E-state index in [-0.39, 0.29) is 6.03 Å². The van der Waals surface area contributed by atoms with Crippen LogP contribution >= 0.6 is 0 Å². The lowest BCUT2D eigenvalue weighted by Gasteiger charge is -2.24. The molecule has 2 aromatic carbocycles. The third-order valence-corrected chi connectivity index (χ3v) is 5.59. The summed E-state index contributed by atoms with van der Waals surface area (Å²) in [5, 5.41) is 3.03. The highest BCUT2D eigenvalue weighted by atomic mass is 19.4. The lowest BCUT2D eigenvalue weighted by atomic mass is 10.1. The van der Waals surface area contributed by atoms with E-state index in [9.17, 15) is 18.0 Å². The van der Waals surface area contributed by atoms with Gasteiger partial charge in [-0.05, 0) is 54.3 Å². The number of alkyl halides is 3. The van der Waals surface area contributed by atoms with E-state index in [4.69, 9.17) is 0 Å². The minimum Gasteiger partial charge on any atom is -0.345 e. The van der Waals surface area contributed by atoms with Crippen LogP contribution in [-0.4, -0.2) is 22.0 Å². The van der Waals surface area contributed by atoms with Crippen molar-refractivity contribution in [1.29, 1.82) is 0 Å². The largest absolute Gasteiger partial charge is 0.416 e. The van der Waals surface area contributed by atoms with Gasteiger partial charge in [0.1, 0.15) is 0 Å². The van der Waals surface area contributed by atoms with Crippen molar-refractivity contribution in [3.63, 3.8) is 0 Å². The first-order valence-electron chi connectivity index (χ1n) is 11.3. The number of nitrogens with zero attached hydrogens (tertiary/aromatic N) is 2. The number of aryl methyl sites for hydroxylation is 1. The van der Waals surface area contributed by atoms with E-state index in [0.29, 0.717) is 25.2 Å². The molecule has 0 spiro atoms. The quantitative estimate of drug-likeness (QED) is 0.371. The van der Waals surface area contributed by atoms with Gasteiger partial charge in [-0.15, -0.1) is 0 Å². The van der Waals surface area contributed by atoms with Crippen molar-refractivity contribution in [2.45, 2.75) is 52.4 Å². The lowest BCUT2D eigenvalue weighted by Crippen LogP contribution is -2.36. The molecule has 0 fully saturated rings. The number of amides is 2. The molecule has 7 heteroatoms. The Morgan fingerprint density at radius 1 is 1.03 bits per heavy atom. The Balaban J connectivity index is 1.77. The third-order valence-electron chi connectivity index (χ3n) is 5.59. The lowest BCUT2D eigenvalue weighted by molar-refractivity contribution is -0.137. The molecule has 4 nitrogen and oxygen atoms in total. The number of halogens is 3. The van der Waals surface area contributed by atoms with Crippen LogP contribution in [0, 0.1) is 0 Å². The van der Waals surface area contributed by atoms with Crippen LogP contribution in [0.3, 0.4) is 0 Å². The Morgan fingerprint density at radius 3 is 2.55 bits per heavy atom. The van der Waals surface area contributed by atoms with Gasteiger partial charge in [-0.3, -0.25) is 0 Å². The normalized spacial score (nSPS) is 11.4. The molecule has 3 rings (SSSR count). The first-order valence-corrected chi connectivity index (χ1v) is 11.3. The first kappa shape index (κ1) is 24.4. The van der Waals surface area contributed by atoms with Crippen LogP contribution in [0.4, 0.5) is 23.7 Å². The van der Waals surface area contributed by atoms with Gasteiger partial charge in [0.05, 0.1) is 12.1 Å². The predicted molar refractivity (Wildman–Crippen MR) is 125 cm³/mol. The fourth-order valence-electron chi connectivity index (χ4n) is 3.73. The van der Waals surface area contributed by atoms with E-state index < -0.39 is 11.7 Å². The average Bonchev–Trinajstić information content (AvgIpc) is 3.23. The molecule has 1 aromatic heterocycles. The summed E-state index contributed by atoms with van der Waals surface area (Å²) in [4.78, 5) is 14.9. The van der Waals surface area contributed by atoms with Gasteiger partial charge in [0, 0.05) is 30.7 Å². The summed E-state index contributed by atoms with van der Waals surface area (Å²) in [6.45, 7) is 5.37. The Bertz CT molecular complexity index is 1060. The number of benzene rings is 2. The number of para-hydroxylation sites is 1. The zero-order chi connectivity index (χ0) is 23.8. The molecule has 3 aromatic rings. The number of unbranched alkanes of at least 4 members (excludes halogenated alkanes) is 1. The van der Waals surface area contributed by atoms with Crippen LogP contribution in [0.1, 0.15) is 49.1 Å². The van der Waals surface area contributed by atoms with Crippen molar-refractivity contribution in [2.75, 3.05) is 11.9 Å². The Hall–Kier alpha value is -3.22. The number of hydrogen-bond acceptors (Lipinski definition) is 1. The molecule has 0 atom stereocenters. The number of nitrogens with one attached hydrogen (secondary N) is 1. The molecule has 0 saturated heterocycles. The zero-order valence-corrected chi connectivity index (χ0v) is 19.0. The maximum atomic E-state index is 13.1. The average molecular weight is 458 g/mol. The molecule has 0 unspecified atom stereocenters. The summed E-state index contributed by atoms with van der Waals surface area (Å²) in [6, 6.07) is 16.7. The predicted octanol–water partition coefficient (Wildman–Crippen LogP) is 6.95. The standard InChI is InChI=1S/C26H30F3N3O/c1-3-5-15-32(25(33)30-24-14-7-6-11-21(24)4-2)19-23-13-9-16-31(23)18-20-10-8-12-22(17-20)26(27,28)29/h6-14,16-17H,3-5,15,18-19H2,1-2H3,(H,30,33). The molecule has 0 bridgehead atoms. The number of rotatable bonds is 9. The van der Waals surface area contributed by atoms with Gasteiger partial charge in [0.25, 0.3) is 0 Å². The van der Waals surface area contributed by atoms with Crippen molar-refractivity contribution < 1.29 is 18.0 Å². The van der Waals surface area contributed by atoms with Crippen molar-refractivity contribution in [3.8, 4) is 0 Å². The van der Waals surface area contributed by atoms with Crippen LogP contribution < -0.4 is 5.32 Å². The molecule has 0 aliphatic carbocycles. The van der Waals surface area contributed by atoms with Gasteiger partial charge >= 0.3 is 12.2 Å². The summed E-state index contributed by atoms with van der Waals surface area (Å²) in [5.74, 6) is 0. The van der Waals surface area contributed by atoms with Crippen molar-refractivity contribution in [2.24, 2.45) is 0 Å². The van der Waals surface area contributed by atoms with Crippen molar-refractivity contribution in [1.82, 2.24) is 9.47 Å². The van der Waals surface area contributed by atoms with Gasteiger partial charge < -0.3 is 14.8 Å². The van der Waals surface area contributed by atoms with E-state index in [0.717, 1.165) is 42.3 Å². The van der Waals surface area contributed by atoms with Gasteiger partial charge in [-0.1, -0.05) is 50.6 Å². The maximum Gasteiger partial charge on any atom is 0.416 e. The summed E-state index contributed by atoms with van der Waals surface area (Å²) in [6.07, 6.45) is 0.0697.